The van der Waals surface area contributed by atoms with E-state index in [0.29, 0.717) is 19.3 Å². The molecule has 6 nitrogen and oxygen atoms in total. The average Bonchev–Trinajstić information content (AvgIpc) is 3.41. The molecule has 0 bridgehead atoms. The Balaban J connectivity index is 3.94. The summed E-state index contributed by atoms with van der Waals surface area (Å²) in [5.74, 6) is -0.861. The molecule has 0 spiro atoms. The summed E-state index contributed by atoms with van der Waals surface area (Å²) in [6.07, 6.45) is 79.1. The Morgan fingerprint density at radius 2 is 0.480 bits per heavy atom. The van der Waals surface area contributed by atoms with Gasteiger partial charge in [0.05, 0.1) is 0 Å². The number of rotatable bonds is 62. The van der Waals surface area contributed by atoms with Crippen molar-refractivity contribution in [3.8, 4) is 0 Å². The van der Waals surface area contributed by atoms with Gasteiger partial charge in [0.25, 0.3) is 0 Å². The Labute approximate surface area is 467 Å². The first-order chi connectivity index (χ1) is 37.0. The molecule has 0 fully saturated rings. The average molecular weight is 1050 g/mol. The minimum absolute atomic E-state index is 0.0699. The van der Waals surface area contributed by atoms with Crippen molar-refractivity contribution >= 4 is 17.9 Å². The third kappa shape index (κ3) is 62.4. The molecule has 1 atom stereocenters. The molecule has 0 aromatic heterocycles. The van der Waals surface area contributed by atoms with Crippen LogP contribution in [0.5, 0.6) is 0 Å². The molecular formula is C69H128O6. The number of unbranched alkanes of at least 4 members (excludes halogenated alkanes) is 45. The maximum Gasteiger partial charge on any atom is 0.306 e. The van der Waals surface area contributed by atoms with Crippen molar-refractivity contribution in [2.75, 3.05) is 13.2 Å². The van der Waals surface area contributed by atoms with Crippen LogP contribution < -0.4 is 0 Å². The van der Waals surface area contributed by atoms with Crippen LogP contribution in [-0.4, -0.2) is 37.2 Å². The molecule has 0 heterocycles. The molecule has 0 amide bonds. The molecule has 75 heavy (non-hydrogen) atoms. The highest BCUT2D eigenvalue weighted by Gasteiger charge is 2.19. The van der Waals surface area contributed by atoms with E-state index in [1.54, 1.807) is 0 Å². The van der Waals surface area contributed by atoms with Crippen LogP contribution in [-0.2, 0) is 28.6 Å². The largest absolute Gasteiger partial charge is 0.462 e. The van der Waals surface area contributed by atoms with E-state index in [4.69, 9.17) is 14.2 Å². The van der Waals surface area contributed by atoms with E-state index in [2.05, 4.69) is 57.2 Å². The predicted molar refractivity (Wildman–Crippen MR) is 326 cm³/mol. The zero-order valence-corrected chi connectivity index (χ0v) is 50.6. The van der Waals surface area contributed by atoms with Crippen LogP contribution in [0.25, 0.3) is 0 Å². The third-order valence-electron chi connectivity index (χ3n) is 15.1. The topological polar surface area (TPSA) is 78.9 Å². The normalized spacial score (nSPS) is 12.2. The second-order valence-corrected chi connectivity index (χ2v) is 22.7. The molecule has 440 valence electrons. The highest BCUT2D eigenvalue weighted by atomic mass is 16.6. The number of allylic oxidation sites excluding steroid dienone is 6. The molecule has 0 N–H and O–H groups in total. The van der Waals surface area contributed by atoms with E-state index in [0.717, 1.165) is 70.6 Å². The van der Waals surface area contributed by atoms with E-state index in [1.165, 1.54) is 257 Å². The maximum atomic E-state index is 12.8. The molecule has 0 aromatic rings. The van der Waals surface area contributed by atoms with E-state index >= 15 is 0 Å². The van der Waals surface area contributed by atoms with Crippen LogP contribution in [0.15, 0.2) is 36.5 Å². The molecule has 0 saturated heterocycles. The third-order valence-corrected chi connectivity index (χ3v) is 15.1. The Hall–Kier alpha value is -2.37. The van der Waals surface area contributed by atoms with Gasteiger partial charge in [-0.1, -0.05) is 308 Å². The fourth-order valence-electron chi connectivity index (χ4n) is 10.1. The Morgan fingerprint density at radius 1 is 0.267 bits per heavy atom. The van der Waals surface area contributed by atoms with Crippen molar-refractivity contribution in [1.29, 1.82) is 0 Å². The fourth-order valence-corrected chi connectivity index (χ4v) is 10.1. The number of hydrogen-bond donors (Lipinski definition) is 0. The van der Waals surface area contributed by atoms with Crippen molar-refractivity contribution in [1.82, 2.24) is 0 Å². The van der Waals surface area contributed by atoms with Gasteiger partial charge in [-0.3, -0.25) is 14.4 Å². The van der Waals surface area contributed by atoms with Crippen molar-refractivity contribution < 1.29 is 28.6 Å². The molecule has 1 unspecified atom stereocenters. The second kappa shape index (κ2) is 64.2. The van der Waals surface area contributed by atoms with Gasteiger partial charge in [0.15, 0.2) is 6.10 Å². The van der Waals surface area contributed by atoms with Gasteiger partial charge >= 0.3 is 17.9 Å². The summed E-state index contributed by atoms with van der Waals surface area (Å²) in [6.45, 7) is 6.63. The van der Waals surface area contributed by atoms with E-state index in [9.17, 15) is 14.4 Å². The number of ether oxygens (including phenoxy) is 3. The molecule has 0 radical (unpaired) electrons. The van der Waals surface area contributed by atoms with Gasteiger partial charge in [-0.15, -0.1) is 0 Å². The summed E-state index contributed by atoms with van der Waals surface area (Å²) in [7, 11) is 0. The van der Waals surface area contributed by atoms with Crippen molar-refractivity contribution in [2.24, 2.45) is 0 Å². The molecule has 0 aromatic carbocycles. The lowest BCUT2D eigenvalue weighted by atomic mass is 10.0. The molecule has 0 aliphatic rings. The predicted octanol–water partition coefficient (Wildman–Crippen LogP) is 22.8. The minimum atomic E-state index is -0.770. The van der Waals surface area contributed by atoms with E-state index in [-0.39, 0.29) is 31.1 Å². The summed E-state index contributed by atoms with van der Waals surface area (Å²) in [4.78, 5) is 38.1. The highest BCUT2D eigenvalue weighted by molar-refractivity contribution is 5.71. The zero-order valence-electron chi connectivity index (χ0n) is 50.6. The summed E-state index contributed by atoms with van der Waals surface area (Å²) in [5, 5.41) is 0. The van der Waals surface area contributed by atoms with Crippen LogP contribution >= 0.6 is 0 Å². The molecule has 6 heteroatoms. The van der Waals surface area contributed by atoms with Gasteiger partial charge in [0, 0.05) is 19.3 Å². The number of carbonyl (C=O) groups is 3. The van der Waals surface area contributed by atoms with Gasteiger partial charge in [0.1, 0.15) is 13.2 Å². The van der Waals surface area contributed by atoms with Crippen LogP contribution in [0, 0.1) is 0 Å². The summed E-state index contributed by atoms with van der Waals surface area (Å²) < 4.78 is 16.8. The molecule has 0 saturated carbocycles. The lowest BCUT2D eigenvalue weighted by molar-refractivity contribution is -0.167. The minimum Gasteiger partial charge on any atom is -0.462 e. The summed E-state index contributed by atoms with van der Waals surface area (Å²) in [5.41, 5.74) is 0. The van der Waals surface area contributed by atoms with Crippen LogP contribution in [0.2, 0.25) is 0 Å². The summed E-state index contributed by atoms with van der Waals surface area (Å²) in [6, 6.07) is 0. The van der Waals surface area contributed by atoms with Gasteiger partial charge in [-0.05, 0) is 77.0 Å². The first-order valence-electron chi connectivity index (χ1n) is 33.5. The van der Waals surface area contributed by atoms with Crippen molar-refractivity contribution in [3.63, 3.8) is 0 Å². The van der Waals surface area contributed by atoms with Crippen molar-refractivity contribution in [3.05, 3.63) is 36.5 Å². The van der Waals surface area contributed by atoms with Crippen LogP contribution in [0.4, 0.5) is 0 Å². The SMILES string of the molecule is CCCCCC/C=C\CCCCCCCC(=O)OC(COC(=O)CCCCCCCCCCC)COC(=O)CCCCCCCCCCCCCCCCCCCCCCCCC/C=C\C/C=C\CCCCCCC. The van der Waals surface area contributed by atoms with Gasteiger partial charge in [-0.2, -0.15) is 0 Å². The Bertz CT molecular complexity index is 1250. The second-order valence-electron chi connectivity index (χ2n) is 22.7. The van der Waals surface area contributed by atoms with E-state index < -0.39 is 6.10 Å². The summed E-state index contributed by atoms with van der Waals surface area (Å²) >= 11 is 0. The molecule has 0 aliphatic carbocycles. The number of esters is 3. The number of hydrogen-bond acceptors (Lipinski definition) is 6. The van der Waals surface area contributed by atoms with Gasteiger partial charge < -0.3 is 14.2 Å². The van der Waals surface area contributed by atoms with Gasteiger partial charge in [-0.25, -0.2) is 0 Å². The Morgan fingerprint density at radius 3 is 0.760 bits per heavy atom. The molecule has 0 aliphatic heterocycles. The molecule has 0 rings (SSSR count). The lowest BCUT2D eigenvalue weighted by Crippen LogP contribution is -2.30. The fraction of sp³-hybridized carbons (Fsp3) is 0.870. The van der Waals surface area contributed by atoms with Crippen LogP contribution in [0.3, 0.4) is 0 Å². The van der Waals surface area contributed by atoms with Crippen molar-refractivity contribution in [2.45, 2.75) is 374 Å². The maximum absolute atomic E-state index is 12.8. The Kier molecular flexibility index (Phi) is 62.1. The zero-order chi connectivity index (χ0) is 54.3. The standard InChI is InChI=1S/C69H128O6/c1-4-7-10-13-16-19-21-23-24-25-26-27-28-29-30-31-32-33-34-35-36-37-38-39-40-41-42-43-44-46-47-50-53-56-59-62-68(71)74-65-66(64-73-67(70)61-58-55-52-49-18-15-12-9-6-3)75-69(72)63-60-57-54-51-48-45-22-20-17-14-11-8-5-2/h20-23,25-26,66H,4-19,24,27-65H2,1-3H3/b22-20-,23-21-,26-25-. The van der Waals surface area contributed by atoms with E-state index in [1.807, 2.05) is 0 Å². The first kappa shape index (κ1) is 72.6. The quantitative estimate of drug-likeness (QED) is 0.0261. The first-order valence-corrected chi connectivity index (χ1v) is 33.5. The monoisotopic (exact) mass is 1050 g/mol. The van der Waals surface area contributed by atoms with Gasteiger partial charge in [0.2, 0.25) is 0 Å². The highest BCUT2D eigenvalue weighted by Crippen LogP contribution is 2.18. The smallest absolute Gasteiger partial charge is 0.306 e. The molecular weight excluding hydrogens is 925 g/mol. The lowest BCUT2D eigenvalue weighted by Gasteiger charge is -2.18. The number of carbonyl (C=O) groups excluding carboxylic acids is 3. The van der Waals surface area contributed by atoms with Crippen LogP contribution in [0.1, 0.15) is 367 Å².